The lowest BCUT2D eigenvalue weighted by Gasteiger charge is -2.24. The predicted molar refractivity (Wildman–Crippen MR) is 150 cm³/mol. The molecule has 1 unspecified atom stereocenters. The van der Waals surface area contributed by atoms with Gasteiger partial charge in [0.15, 0.2) is 5.78 Å². The fraction of sp³-hybridized carbons (Fsp3) is 0.0606. The average Bonchev–Trinajstić information content (AvgIpc) is 2.95. The molecule has 1 atom stereocenters. The van der Waals surface area contributed by atoms with E-state index in [0.29, 0.717) is 11.1 Å². The monoisotopic (exact) mass is 488 g/mol. The lowest BCUT2D eigenvalue weighted by Crippen LogP contribution is -2.00. The summed E-state index contributed by atoms with van der Waals surface area (Å²) in [6.07, 6.45) is 0. The Hall–Kier alpha value is -4.08. The van der Waals surface area contributed by atoms with Crippen LogP contribution in [0.5, 0.6) is 5.75 Å². The molecular weight excluding hydrogens is 460 g/mol. The van der Waals surface area contributed by atoms with Crippen LogP contribution < -0.4 is 4.74 Å². The first kappa shape index (κ1) is 23.7. The summed E-state index contributed by atoms with van der Waals surface area (Å²) in [6, 6.07) is 43.3. The minimum Gasteiger partial charge on any atom is -0.497 e. The topological polar surface area (TPSA) is 26.3 Å². The number of carbonyl (C=O) groups excluding carboxylic acids is 1. The molecular formula is C33H28O2S. The number of aryl methyl sites for hydroxylation is 1. The molecule has 36 heavy (non-hydrogen) atoms. The average molecular weight is 489 g/mol. The van der Waals surface area contributed by atoms with Crippen molar-refractivity contribution < 1.29 is 9.53 Å². The first-order valence-electron chi connectivity index (χ1n) is 11.9. The molecule has 0 fully saturated rings. The standard InChI is InChI=1S/C33H28O2S/c1-24-8-18-30(19-9-24)36(31-20-12-26(13-21-31)25-10-16-29(35-2)17-11-25)32-22-14-28(15-23-32)33(34)27-6-4-3-5-7-27/h3-23,36H,1-2H3. The van der Waals surface area contributed by atoms with Crippen molar-refractivity contribution in [1.29, 1.82) is 0 Å². The van der Waals surface area contributed by atoms with E-state index in [0.717, 1.165) is 11.3 Å². The molecule has 0 aliphatic carbocycles. The molecule has 2 nitrogen and oxygen atoms in total. The molecule has 0 heterocycles. The van der Waals surface area contributed by atoms with E-state index in [9.17, 15) is 4.79 Å². The van der Waals surface area contributed by atoms with E-state index in [1.54, 1.807) is 7.11 Å². The van der Waals surface area contributed by atoms with Gasteiger partial charge in [-0.25, -0.2) is 0 Å². The molecule has 0 aliphatic heterocycles. The smallest absolute Gasteiger partial charge is 0.193 e. The molecule has 0 aromatic heterocycles. The Morgan fingerprint density at radius 2 is 1.00 bits per heavy atom. The van der Waals surface area contributed by atoms with Gasteiger partial charge in [0.05, 0.1) is 7.11 Å². The Bertz CT molecular complexity index is 1440. The highest BCUT2D eigenvalue weighted by molar-refractivity contribution is 8.17. The van der Waals surface area contributed by atoms with Crippen molar-refractivity contribution >= 4 is 16.7 Å². The lowest BCUT2D eigenvalue weighted by atomic mass is 10.0. The van der Waals surface area contributed by atoms with Gasteiger partial charge in [0, 0.05) is 11.1 Å². The summed E-state index contributed by atoms with van der Waals surface area (Å²) in [7, 11) is 0.917. The van der Waals surface area contributed by atoms with Gasteiger partial charge in [-0.2, -0.15) is 10.9 Å². The predicted octanol–water partition coefficient (Wildman–Crippen LogP) is 8.38. The molecule has 0 aliphatic rings. The highest BCUT2D eigenvalue weighted by Crippen LogP contribution is 2.51. The van der Waals surface area contributed by atoms with Crippen LogP contribution in [0.15, 0.2) is 142 Å². The minimum atomic E-state index is -0.765. The van der Waals surface area contributed by atoms with Crippen LogP contribution in [0.4, 0.5) is 0 Å². The molecule has 5 aromatic rings. The van der Waals surface area contributed by atoms with Crippen LogP contribution in [0.25, 0.3) is 11.1 Å². The third-order valence-corrected chi connectivity index (χ3v) is 8.71. The number of ether oxygens (including phenoxy) is 1. The molecule has 0 bridgehead atoms. The van der Waals surface area contributed by atoms with E-state index in [2.05, 4.69) is 79.7 Å². The first-order valence-corrected chi connectivity index (χ1v) is 13.3. The van der Waals surface area contributed by atoms with Crippen molar-refractivity contribution in [3.63, 3.8) is 0 Å². The van der Waals surface area contributed by atoms with Gasteiger partial charge in [0.25, 0.3) is 0 Å². The maximum absolute atomic E-state index is 12.9. The Morgan fingerprint density at radius 1 is 0.556 bits per heavy atom. The molecule has 0 radical (unpaired) electrons. The quantitative estimate of drug-likeness (QED) is 0.184. The number of rotatable bonds is 7. The van der Waals surface area contributed by atoms with Gasteiger partial charge in [0.1, 0.15) is 5.75 Å². The van der Waals surface area contributed by atoms with Gasteiger partial charge in [-0.3, -0.25) is 4.79 Å². The number of benzene rings is 5. The third-order valence-electron chi connectivity index (χ3n) is 6.26. The Labute approximate surface area is 215 Å². The zero-order valence-electron chi connectivity index (χ0n) is 20.4. The van der Waals surface area contributed by atoms with Crippen LogP contribution in [0, 0.1) is 6.92 Å². The van der Waals surface area contributed by atoms with E-state index in [1.807, 2.05) is 54.6 Å². The lowest BCUT2D eigenvalue weighted by molar-refractivity contribution is 0.103. The van der Waals surface area contributed by atoms with E-state index in [4.69, 9.17) is 4.74 Å². The molecule has 0 spiro atoms. The summed E-state index contributed by atoms with van der Waals surface area (Å²) in [5.41, 5.74) is 4.99. The molecule has 0 amide bonds. The van der Waals surface area contributed by atoms with Crippen LogP contribution in [0.3, 0.4) is 0 Å². The maximum Gasteiger partial charge on any atom is 0.193 e. The molecule has 5 aromatic carbocycles. The van der Waals surface area contributed by atoms with Crippen molar-refractivity contribution in [2.45, 2.75) is 21.6 Å². The van der Waals surface area contributed by atoms with E-state index in [1.165, 1.54) is 25.8 Å². The normalized spacial score (nSPS) is 12.1. The summed E-state index contributed by atoms with van der Waals surface area (Å²) in [6.45, 7) is 2.11. The van der Waals surface area contributed by atoms with E-state index < -0.39 is 10.9 Å². The minimum absolute atomic E-state index is 0.0469. The zero-order valence-corrected chi connectivity index (χ0v) is 21.3. The molecule has 0 saturated carbocycles. The summed E-state index contributed by atoms with van der Waals surface area (Å²) < 4.78 is 5.29. The van der Waals surface area contributed by atoms with Crippen molar-refractivity contribution in [3.8, 4) is 16.9 Å². The summed E-state index contributed by atoms with van der Waals surface area (Å²) >= 11 is 0. The summed E-state index contributed by atoms with van der Waals surface area (Å²) in [5, 5.41) is 0. The van der Waals surface area contributed by atoms with E-state index >= 15 is 0 Å². The molecule has 0 saturated heterocycles. The number of thiol groups is 1. The first-order chi connectivity index (χ1) is 17.6. The fourth-order valence-electron chi connectivity index (χ4n) is 4.25. The largest absolute Gasteiger partial charge is 0.497 e. The molecule has 0 N–H and O–H groups in total. The number of hydrogen-bond donors (Lipinski definition) is 1. The van der Waals surface area contributed by atoms with Crippen LogP contribution in [-0.4, -0.2) is 12.9 Å². The molecule has 5 rings (SSSR count). The van der Waals surface area contributed by atoms with Gasteiger partial charge < -0.3 is 4.74 Å². The second kappa shape index (κ2) is 10.7. The highest BCUT2D eigenvalue weighted by Gasteiger charge is 2.15. The second-order valence-corrected chi connectivity index (χ2v) is 10.9. The molecule has 178 valence electrons. The Morgan fingerprint density at radius 3 is 1.53 bits per heavy atom. The van der Waals surface area contributed by atoms with Crippen molar-refractivity contribution in [1.82, 2.24) is 0 Å². The summed E-state index contributed by atoms with van der Waals surface area (Å²) in [4.78, 5) is 16.7. The zero-order chi connectivity index (χ0) is 24.9. The SMILES string of the molecule is COc1ccc(-c2ccc([SH](c3ccc(C)cc3)c3ccc(C(=O)c4ccccc4)cc3)cc2)cc1. The van der Waals surface area contributed by atoms with Crippen molar-refractivity contribution in [2.24, 2.45) is 0 Å². The van der Waals surface area contributed by atoms with Gasteiger partial charge in [-0.15, -0.1) is 0 Å². The van der Waals surface area contributed by atoms with Gasteiger partial charge >= 0.3 is 0 Å². The van der Waals surface area contributed by atoms with Crippen LogP contribution in [0.1, 0.15) is 21.5 Å². The fourth-order valence-corrected chi connectivity index (χ4v) is 6.48. The van der Waals surface area contributed by atoms with E-state index in [-0.39, 0.29) is 5.78 Å². The third kappa shape index (κ3) is 5.12. The van der Waals surface area contributed by atoms with Gasteiger partial charge in [-0.05, 0) is 93.4 Å². The number of carbonyl (C=O) groups is 1. The van der Waals surface area contributed by atoms with Crippen LogP contribution >= 0.6 is 10.9 Å². The highest BCUT2D eigenvalue weighted by atomic mass is 32.2. The second-order valence-electron chi connectivity index (χ2n) is 8.69. The number of ketones is 1. The van der Waals surface area contributed by atoms with Gasteiger partial charge in [-0.1, -0.05) is 72.3 Å². The van der Waals surface area contributed by atoms with Crippen LogP contribution in [0.2, 0.25) is 0 Å². The van der Waals surface area contributed by atoms with Crippen molar-refractivity contribution in [3.05, 3.63) is 144 Å². The van der Waals surface area contributed by atoms with Crippen LogP contribution in [-0.2, 0) is 0 Å². The Kier molecular flexibility index (Phi) is 7.01. The maximum atomic E-state index is 12.9. The Balaban J connectivity index is 1.48. The number of hydrogen-bond acceptors (Lipinski definition) is 2. The van der Waals surface area contributed by atoms with Crippen molar-refractivity contribution in [2.75, 3.05) is 7.11 Å². The number of methoxy groups -OCH3 is 1. The van der Waals surface area contributed by atoms with Gasteiger partial charge in [0.2, 0.25) is 0 Å². The summed E-state index contributed by atoms with van der Waals surface area (Å²) in [5.74, 6) is 0.901. The molecule has 3 heteroatoms.